The fourth-order valence-electron chi connectivity index (χ4n) is 2.09. The molecule has 102 valence electrons. The summed E-state index contributed by atoms with van der Waals surface area (Å²) in [6.45, 7) is 2.09. The molecule has 2 aromatic heterocycles. The number of nitrogens with two attached hydrogens (primary N) is 1. The fourth-order valence-corrected chi connectivity index (χ4v) is 2.51. The lowest BCUT2D eigenvalue weighted by Crippen LogP contribution is -2.31. The first kappa shape index (κ1) is 14.2. The van der Waals surface area contributed by atoms with E-state index in [2.05, 4.69) is 50.5 Å². The van der Waals surface area contributed by atoms with Gasteiger partial charge in [0.2, 0.25) is 0 Å². The first-order valence-corrected chi connectivity index (χ1v) is 7.01. The Hall–Kier alpha value is -1.24. The minimum atomic E-state index is 0.0221. The topological polar surface area (TPSA) is 68.8 Å². The maximum atomic E-state index is 5.69. The van der Waals surface area contributed by atoms with E-state index in [-0.39, 0.29) is 6.04 Å². The van der Waals surface area contributed by atoms with Crippen molar-refractivity contribution < 1.29 is 0 Å². The molecule has 0 saturated heterocycles. The Morgan fingerprint density at radius 3 is 2.79 bits per heavy atom. The van der Waals surface area contributed by atoms with E-state index in [1.54, 1.807) is 6.20 Å². The first-order valence-electron chi connectivity index (χ1n) is 6.22. The second-order valence-electron chi connectivity index (χ2n) is 4.47. The van der Waals surface area contributed by atoms with E-state index in [0.717, 1.165) is 34.3 Å². The molecule has 1 unspecified atom stereocenters. The molecule has 0 bridgehead atoms. The van der Waals surface area contributed by atoms with Crippen LogP contribution in [0.15, 0.2) is 29.0 Å². The predicted octanol–water partition coefficient (Wildman–Crippen LogP) is 1.89. The van der Waals surface area contributed by atoms with Crippen molar-refractivity contribution in [1.29, 1.82) is 0 Å². The number of halogens is 1. The van der Waals surface area contributed by atoms with Gasteiger partial charge in [-0.05, 0) is 46.5 Å². The number of hydrogen-bond donors (Lipinski definition) is 2. The first-order chi connectivity index (χ1) is 9.13. The largest absolute Gasteiger partial charge is 0.271 e. The average molecular weight is 324 g/mol. The van der Waals surface area contributed by atoms with Crippen molar-refractivity contribution in [2.45, 2.75) is 25.8 Å². The summed E-state index contributed by atoms with van der Waals surface area (Å²) in [5.41, 5.74) is 6.14. The molecule has 2 heterocycles. The van der Waals surface area contributed by atoms with Crippen molar-refractivity contribution in [1.82, 2.24) is 20.2 Å². The van der Waals surface area contributed by atoms with E-state index in [1.807, 2.05) is 17.9 Å². The molecule has 0 aliphatic carbocycles. The van der Waals surface area contributed by atoms with Crippen LogP contribution >= 0.6 is 15.9 Å². The van der Waals surface area contributed by atoms with Gasteiger partial charge in [-0.2, -0.15) is 5.10 Å². The van der Waals surface area contributed by atoms with Crippen LogP contribution in [-0.2, 0) is 19.9 Å². The molecule has 1 atom stereocenters. The molecule has 0 radical (unpaired) electrons. The van der Waals surface area contributed by atoms with E-state index in [1.165, 1.54) is 0 Å². The van der Waals surface area contributed by atoms with Crippen LogP contribution in [-0.4, -0.2) is 14.8 Å². The molecule has 0 aliphatic rings. The van der Waals surface area contributed by atoms with Crippen molar-refractivity contribution in [3.63, 3.8) is 0 Å². The van der Waals surface area contributed by atoms with E-state index in [9.17, 15) is 0 Å². The van der Waals surface area contributed by atoms with Crippen molar-refractivity contribution in [3.8, 4) is 0 Å². The number of nitrogens with one attached hydrogen (secondary N) is 1. The van der Waals surface area contributed by atoms with E-state index in [4.69, 9.17) is 5.84 Å². The number of hydrogen-bond acceptors (Lipinski definition) is 4. The summed E-state index contributed by atoms with van der Waals surface area (Å²) in [6.07, 6.45) is 5.31. The van der Waals surface area contributed by atoms with Gasteiger partial charge in [0.05, 0.1) is 17.4 Å². The van der Waals surface area contributed by atoms with Gasteiger partial charge in [0.1, 0.15) is 0 Å². The maximum Gasteiger partial charge on any atom is 0.0669 e. The van der Waals surface area contributed by atoms with Crippen molar-refractivity contribution in [2.75, 3.05) is 0 Å². The molecule has 2 aromatic rings. The maximum absolute atomic E-state index is 5.69. The monoisotopic (exact) mass is 323 g/mol. The molecule has 0 amide bonds. The van der Waals surface area contributed by atoms with Crippen LogP contribution in [0.5, 0.6) is 0 Å². The van der Waals surface area contributed by atoms with Crippen LogP contribution in [0.4, 0.5) is 0 Å². The summed E-state index contributed by atoms with van der Waals surface area (Å²) in [4.78, 5) is 4.17. The molecule has 19 heavy (non-hydrogen) atoms. The molecule has 3 N–H and O–H groups in total. The lowest BCUT2D eigenvalue weighted by molar-refractivity contribution is 0.507. The van der Waals surface area contributed by atoms with Crippen molar-refractivity contribution in [3.05, 3.63) is 46.0 Å². The summed E-state index contributed by atoms with van der Waals surface area (Å²) in [5.74, 6) is 5.69. The average Bonchev–Trinajstić information content (AvgIpc) is 2.77. The van der Waals surface area contributed by atoms with Crippen LogP contribution in [0, 0.1) is 0 Å². The standard InChI is InChI=1S/C13H18BrN5/c1-3-11-6-13(19(2)18-11)12(17-15)5-9-4-10(14)8-16-7-9/h4,6-8,12,17H,3,5,15H2,1-2H3. The van der Waals surface area contributed by atoms with Gasteiger partial charge < -0.3 is 0 Å². The number of nitrogens with zero attached hydrogens (tertiary/aromatic N) is 3. The smallest absolute Gasteiger partial charge is 0.0669 e. The highest BCUT2D eigenvalue weighted by atomic mass is 79.9. The van der Waals surface area contributed by atoms with Crippen LogP contribution in [0.2, 0.25) is 0 Å². The highest BCUT2D eigenvalue weighted by molar-refractivity contribution is 9.10. The summed E-state index contributed by atoms with van der Waals surface area (Å²) in [7, 11) is 1.94. The zero-order chi connectivity index (χ0) is 13.8. The third-order valence-corrected chi connectivity index (χ3v) is 3.52. The van der Waals surface area contributed by atoms with Crippen molar-refractivity contribution >= 4 is 15.9 Å². The fraction of sp³-hybridized carbons (Fsp3) is 0.385. The van der Waals surface area contributed by atoms with Gasteiger partial charge in [-0.1, -0.05) is 6.92 Å². The molecule has 6 heteroatoms. The molecule has 0 aromatic carbocycles. The van der Waals surface area contributed by atoms with Gasteiger partial charge in [-0.15, -0.1) is 0 Å². The highest BCUT2D eigenvalue weighted by Gasteiger charge is 2.16. The molecular formula is C13H18BrN5. The molecule has 5 nitrogen and oxygen atoms in total. The van der Waals surface area contributed by atoms with Gasteiger partial charge in [-0.25, -0.2) is 0 Å². The Bertz CT molecular complexity index is 552. The number of aromatic nitrogens is 3. The predicted molar refractivity (Wildman–Crippen MR) is 78.3 cm³/mol. The number of aryl methyl sites for hydroxylation is 2. The lowest BCUT2D eigenvalue weighted by Gasteiger charge is -2.16. The second kappa shape index (κ2) is 6.27. The normalized spacial score (nSPS) is 12.6. The van der Waals surface area contributed by atoms with Gasteiger partial charge in [0.25, 0.3) is 0 Å². The Morgan fingerprint density at radius 1 is 1.42 bits per heavy atom. The Labute approximate surface area is 121 Å². The molecule has 0 saturated carbocycles. The minimum Gasteiger partial charge on any atom is -0.271 e. The SMILES string of the molecule is CCc1cc(C(Cc2cncc(Br)c2)NN)n(C)n1. The molecular weight excluding hydrogens is 306 g/mol. The van der Waals surface area contributed by atoms with Crippen LogP contribution in [0.3, 0.4) is 0 Å². The Morgan fingerprint density at radius 2 is 2.21 bits per heavy atom. The molecule has 0 fully saturated rings. The minimum absolute atomic E-state index is 0.0221. The van der Waals surface area contributed by atoms with Gasteiger partial charge >= 0.3 is 0 Å². The third-order valence-electron chi connectivity index (χ3n) is 3.09. The molecule has 2 rings (SSSR count). The summed E-state index contributed by atoms with van der Waals surface area (Å²) < 4.78 is 2.86. The molecule has 0 spiro atoms. The van der Waals surface area contributed by atoms with E-state index >= 15 is 0 Å². The van der Waals surface area contributed by atoms with E-state index in [0.29, 0.717) is 0 Å². The lowest BCUT2D eigenvalue weighted by atomic mass is 10.0. The summed E-state index contributed by atoms with van der Waals surface area (Å²) in [5, 5.41) is 4.45. The zero-order valence-corrected chi connectivity index (χ0v) is 12.7. The van der Waals surface area contributed by atoms with E-state index < -0.39 is 0 Å². The molecule has 0 aliphatic heterocycles. The highest BCUT2D eigenvalue weighted by Crippen LogP contribution is 2.20. The van der Waals surface area contributed by atoms with Gasteiger partial charge in [-0.3, -0.25) is 20.9 Å². The Kier molecular flexibility index (Phi) is 4.68. The zero-order valence-electron chi connectivity index (χ0n) is 11.1. The number of hydrazine groups is 1. The van der Waals surface area contributed by atoms with Crippen LogP contribution in [0.25, 0.3) is 0 Å². The van der Waals surface area contributed by atoms with Gasteiger partial charge in [0.15, 0.2) is 0 Å². The van der Waals surface area contributed by atoms with Crippen molar-refractivity contribution in [2.24, 2.45) is 12.9 Å². The Balaban J connectivity index is 2.22. The second-order valence-corrected chi connectivity index (χ2v) is 5.39. The third kappa shape index (κ3) is 3.40. The quantitative estimate of drug-likeness (QED) is 0.651. The van der Waals surface area contributed by atoms with Crippen LogP contribution in [0.1, 0.15) is 29.9 Å². The van der Waals surface area contributed by atoms with Crippen LogP contribution < -0.4 is 11.3 Å². The summed E-state index contributed by atoms with van der Waals surface area (Å²) >= 11 is 3.43. The van der Waals surface area contributed by atoms with Gasteiger partial charge in [0, 0.05) is 23.9 Å². The number of pyridine rings is 1. The summed E-state index contributed by atoms with van der Waals surface area (Å²) in [6, 6.07) is 4.17. The number of rotatable bonds is 5.